The van der Waals surface area contributed by atoms with Crippen molar-refractivity contribution in [2.75, 3.05) is 27.7 Å². The first-order valence-electron chi connectivity index (χ1n) is 9.51. The first kappa shape index (κ1) is 23.3. The molecule has 0 fully saturated rings. The molecule has 1 amide bonds. The van der Waals surface area contributed by atoms with Crippen LogP contribution in [0.2, 0.25) is 0 Å². The highest BCUT2D eigenvalue weighted by Gasteiger charge is 2.31. The van der Waals surface area contributed by atoms with Crippen LogP contribution in [-0.2, 0) is 9.53 Å². The first-order valence-corrected chi connectivity index (χ1v) is 9.51. The molecule has 1 atom stereocenters. The van der Waals surface area contributed by atoms with Crippen LogP contribution in [0.3, 0.4) is 0 Å². The van der Waals surface area contributed by atoms with Gasteiger partial charge in [-0.15, -0.1) is 0 Å². The second-order valence-corrected chi connectivity index (χ2v) is 8.02. The minimum absolute atomic E-state index is 0. The van der Waals surface area contributed by atoms with Gasteiger partial charge in [-0.3, -0.25) is 4.79 Å². The van der Waals surface area contributed by atoms with Crippen molar-refractivity contribution in [2.24, 2.45) is 5.10 Å². The van der Waals surface area contributed by atoms with E-state index in [0.717, 1.165) is 11.1 Å². The van der Waals surface area contributed by atoms with Crippen LogP contribution in [0.15, 0.2) is 65.8 Å². The molecule has 0 saturated heterocycles. The van der Waals surface area contributed by atoms with Gasteiger partial charge in [0.2, 0.25) is 0 Å². The van der Waals surface area contributed by atoms with E-state index in [0.29, 0.717) is 28.7 Å². The Kier molecular flexibility index (Phi) is 7.92. The number of ether oxygens (including phenoxy) is 1. The van der Waals surface area contributed by atoms with Crippen molar-refractivity contribution in [3.05, 3.63) is 77.4 Å². The van der Waals surface area contributed by atoms with Crippen LogP contribution in [0.4, 0.5) is 0 Å². The summed E-state index contributed by atoms with van der Waals surface area (Å²) < 4.78 is 6.04. The lowest BCUT2D eigenvalue weighted by Gasteiger charge is -2.22. The van der Waals surface area contributed by atoms with Gasteiger partial charge in [0.05, 0.1) is 32.4 Å². The highest BCUT2D eigenvalue weighted by atomic mass is 35.5. The molecule has 1 aliphatic rings. The number of benzene rings is 2. The van der Waals surface area contributed by atoms with E-state index in [4.69, 9.17) is 4.74 Å². The van der Waals surface area contributed by atoms with Crippen molar-refractivity contribution in [3.8, 4) is 0 Å². The predicted octanol–water partition coefficient (Wildman–Crippen LogP) is 0.184. The molecular weight excluding hydrogens is 402 g/mol. The maximum Gasteiger partial charge on any atom is 0.339 e. The number of halogens is 1. The van der Waals surface area contributed by atoms with E-state index in [-0.39, 0.29) is 24.3 Å². The molecule has 0 saturated carbocycles. The summed E-state index contributed by atoms with van der Waals surface area (Å²) in [5.41, 5.74) is 5.69. The normalized spacial score (nSPS) is 16.0. The number of hydrogen-bond acceptors (Lipinski definition) is 4. The molecule has 2 aromatic carbocycles. The molecule has 158 valence electrons. The zero-order chi connectivity index (χ0) is 20.9. The number of amides is 1. The van der Waals surface area contributed by atoms with Crippen molar-refractivity contribution >= 4 is 23.7 Å². The first-order chi connectivity index (χ1) is 13.8. The van der Waals surface area contributed by atoms with E-state index >= 15 is 0 Å². The fourth-order valence-corrected chi connectivity index (χ4v) is 3.07. The average molecular weight is 428 g/mol. The molecule has 6 nitrogen and oxygen atoms in total. The molecule has 0 bridgehead atoms. The maximum absolute atomic E-state index is 12.2. The van der Waals surface area contributed by atoms with E-state index in [2.05, 4.69) is 10.5 Å². The molecule has 1 unspecified atom stereocenters. The number of quaternary nitrogens is 1. The number of likely N-dealkylation sites (N-methyl/N-ethyl adjacent to an activating group) is 1. The molecule has 1 heterocycles. The number of nitrogens with one attached hydrogen (secondary N) is 1. The van der Waals surface area contributed by atoms with Gasteiger partial charge < -0.3 is 21.6 Å². The summed E-state index contributed by atoms with van der Waals surface area (Å²) in [6, 6.07) is 17.2. The summed E-state index contributed by atoms with van der Waals surface area (Å²) in [4.78, 5) is 24.3. The molecule has 3 rings (SSSR count). The topological polar surface area (TPSA) is 67.8 Å². The monoisotopic (exact) mass is 427 g/mol. The molecule has 2 aromatic rings. The summed E-state index contributed by atoms with van der Waals surface area (Å²) >= 11 is 0. The van der Waals surface area contributed by atoms with Crippen LogP contribution in [0.5, 0.6) is 0 Å². The van der Waals surface area contributed by atoms with Gasteiger partial charge in [-0.2, -0.15) is 5.10 Å². The molecule has 30 heavy (non-hydrogen) atoms. The second kappa shape index (κ2) is 10.2. The standard InChI is InChI=1S/C23H25N3O3.ClH/c1-26(2,3)16-22(27)25-24-18(14-13-17-9-5-4-6-10-17)15-21-19-11-7-8-12-20(19)23(28)29-21;/h4-14,21H,15-16H2,1-3H3;1H/b14-13?,24-18-;. The Morgan fingerprint density at radius 1 is 1.10 bits per heavy atom. The minimum atomic E-state index is -0.423. The summed E-state index contributed by atoms with van der Waals surface area (Å²) in [6.07, 6.45) is 3.72. The van der Waals surface area contributed by atoms with Crippen molar-refractivity contribution in [1.82, 2.24) is 5.43 Å². The Balaban J connectivity index is 0.00000320. The van der Waals surface area contributed by atoms with Crippen LogP contribution in [0.1, 0.15) is 34.0 Å². The van der Waals surface area contributed by atoms with Crippen LogP contribution < -0.4 is 17.8 Å². The number of hydrogen-bond donors (Lipinski definition) is 1. The predicted molar refractivity (Wildman–Crippen MR) is 113 cm³/mol. The third kappa shape index (κ3) is 6.54. The zero-order valence-electron chi connectivity index (χ0n) is 17.3. The number of allylic oxidation sites excluding steroid dienone is 1. The van der Waals surface area contributed by atoms with Crippen molar-refractivity contribution < 1.29 is 31.2 Å². The largest absolute Gasteiger partial charge is 1.00 e. The number of hydrazone groups is 1. The Morgan fingerprint density at radius 2 is 1.77 bits per heavy atom. The van der Waals surface area contributed by atoms with Gasteiger partial charge in [-0.1, -0.05) is 54.6 Å². The van der Waals surface area contributed by atoms with Gasteiger partial charge in [-0.05, 0) is 17.7 Å². The molecule has 7 heteroatoms. The maximum atomic E-state index is 12.2. The summed E-state index contributed by atoms with van der Waals surface area (Å²) in [5.74, 6) is -0.502. The van der Waals surface area contributed by atoms with Gasteiger partial charge in [0.15, 0.2) is 6.54 Å². The highest BCUT2D eigenvalue weighted by Crippen LogP contribution is 2.33. The van der Waals surface area contributed by atoms with Crippen LogP contribution in [0, 0.1) is 0 Å². The highest BCUT2D eigenvalue weighted by molar-refractivity contribution is 6.01. The number of cyclic esters (lactones) is 1. The molecule has 0 aromatic heterocycles. The minimum Gasteiger partial charge on any atom is -1.00 e. The van der Waals surface area contributed by atoms with E-state index in [1.54, 1.807) is 6.07 Å². The lowest BCUT2D eigenvalue weighted by molar-refractivity contribution is -0.862. The smallest absolute Gasteiger partial charge is 0.339 e. The quantitative estimate of drug-likeness (QED) is 0.297. The summed E-state index contributed by atoms with van der Waals surface area (Å²) in [5, 5.41) is 4.31. The average Bonchev–Trinajstić information content (AvgIpc) is 2.99. The SMILES string of the molecule is C[N+](C)(C)CC(=O)N/N=C(/C=Cc1ccccc1)CC1OC(=O)c2ccccc21.[Cl-]. The van der Waals surface area contributed by atoms with E-state index < -0.39 is 6.10 Å². The van der Waals surface area contributed by atoms with Gasteiger partial charge in [0.25, 0.3) is 5.91 Å². The van der Waals surface area contributed by atoms with Crippen molar-refractivity contribution in [1.29, 1.82) is 0 Å². The van der Waals surface area contributed by atoms with E-state index in [9.17, 15) is 9.59 Å². The van der Waals surface area contributed by atoms with E-state index in [1.165, 1.54) is 0 Å². The van der Waals surface area contributed by atoms with E-state index in [1.807, 2.05) is 81.8 Å². The number of rotatable bonds is 7. The van der Waals surface area contributed by atoms with Gasteiger partial charge in [0, 0.05) is 12.0 Å². The second-order valence-electron chi connectivity index (χ2n) is 8.02. The van der Waals surface area contributed by atoms with Crippen LogP contribution in [0.25, 0.3) is 6.08 Å². The Labute approximate surface area is 183 Å². The molecule has 0 aliphatic carbocycles. The third-order valence-corrected chi connectivity index (χ3v) is 4.38. The molecule has 1 N–H and O–H groups in total. The molecule has 0 radical (unpaired) electrons. The number of esters is 1. The number of fused-ring (bicyclic) bond motifs is 1. The zero-order valence-corrected chi connectivity index (χ0v) is 18.1. The van der Waals surface area contributed by atoms with Crippen molar-refractivity contribution in [3.63, 3.8) is 0 Å². The Bertz CT molecular complexity index is 950. The number of nitrogens with zero attached hydrogens (tertiary/aromatic N) is 2. The van der Waals surface area contributed by atoms with Crippen molar-refractivity contribution in [2.45, 2.75) is 12.5 Å². The Morgan fingerprint density at radius 3 is 2.47 bits per heavy atom. The lowest BCUT2D eigenvalue weighted by atomic mass is 10.0. The van der Waals surface area contributed by atoms with Crippen LogP contribution >= 0.6 is 0 Å². The lowest BCUT2D eigenvalue weighted by Crippen LogP contribution is -3.00. The van der Waals surface area contributed by atoms with Gasteiger partial charge >= 0.3 is 5.97 Å². The fraction of sp³-hybridized carbons (Fsp3) is 0.261. The number of carbonyl (C=O) groups is 2. The van der Waals surface area contributed by atoms with Gasteiger partial charge in [0.1, 0.15) is 6.10 Å². The summed E-state index contributed by atoms with van der Waals surface area (Å²) in [6.45, 7) is 0.306. The van der Waals surface area contributed by atoms with Crippen LogP contribution in [-0.4, -0.2) is 49.8 Å². The molecule has 1 aliphatic heterocycles. The molecule has 0 spiro atoms. The van der Waals surface area contributed by atoms with Gasteiger partial charge in [-0.25, -0.2) is 10.2 Å². The number of carbonyl (C=O) groups excluding carboxylic acids is 2. The molecular formula is C23H26ClN3O3. The Hall–Kier alpha value is -2.96. The fourth-order valence-electron chi connectivity index (χ4n) is 3.07. The summed E-state index contributed by atoms with van der Waals surface area (Å²) in [7, 11) is 5.82. The third-order valence-electron chi connectivity index (χ3n) is 4.38.